The lowest BCUT2D eigenvalue weighted by atomic mass is 10.0. The summed E-state index contributed by atoms with van der Waals surface area (Å²) in [6.45, 7) is 0.333. The van der Waals surface area contributed by atoms with Gasteiger partial charge in [0.15, 0.2) is 6.61 Å². The molecule has 0 spiro atoms. The normalized spacial score (nSPS) is 18.5. The fourth-order valence-corrected chi connectivity index (χ4v) is 3.50. The fourth-order valence-electron chi connectivity index (χ4n) is 3.26. The van der Waals surface area contributed by atoms with Gasteiger partial charge in [-0.3, -0.25) is 4.79 Å². The van der Waals surface area contributed by atoms with Crippen molar-refractivity contribution in [3.05, 3.63) is 64.2 Å². The van der Waals surface area contributed by atoms with Crippen molar-refractivity contribution in [3.8, 4) is 17.2 Å². The first-order chi connectivity index (χ1) is 15.0. The summed E-state index contributed by atoms with van der Waals surface area (Å²) in [5, 5.41) is 15.1. The molecule has 2 atom stereocenters. The van der Waals surface area contributed by atoms with Crippen molar-refractivity contribution in [2.45, 2.75) is 24.9 Å². The molecule has 1 saturated heterocycles. The molecule has 2 heterocycles. The first-order valence-corrected chi connectivity index (χ1v) is 10.4. The van der Waals surface area contributed by atoms with Crippen LogP contribution in [0.4, 0.5) is 4.39 Å². The smallest absolute Gasteiger partial charge is 0.258 e. The molecule has 1 amide bonds. The van der Waals surface area contributed by atoms with Gasteiger partial charge in [0.05, 0.1) is 11.1 Å². The van der Waals surface area contributed by atoms with E-state index in [1.165, 1.54) is 12.1 Å². The van der Waals surface area contributed by atoms with Gasteiger partial charge in [0.25, 0.3) is 5.91 Å². The molecule has 31 heavy (non-hydrogen) atoms. The molecule has 0 aliphatic carbocycles. The number of amides is 1. The lowest BCUT2D eigenvalue weighted by Crippen LogP contribution is -2.48. The molecule has 3 aromatic rings. The molecule has 4 rings (SSSR count). The van der Waals surface area contributed by atoms with E-state index < -0.39 is 5.82 Å². The van der Waals surface area contributed by atoms with Gasteiger partial charge in [-0.05, 0) is 49.2 Å². The van der Waals surface area contributed by atoms with Crippen molar-refractivity contribution in [2.24, 2.45) is 0 Å². The maximum absolute atomic E-state index is 13.4. The molecule has 2 N–H and O–H groups in total. The van der Waals surface area contributed by atoms with Gasteiger partial charge in [0.2, 0.25) is 11.8 Å². The van der Waals surface area contributed by atoms with E-state index in [0.29, 0.717) is 23.3 Å². The number of carbonyl (C=O) groups excluding carboxylic acids is 1. The van der Waals surface area contributed by atoms with Gasteiger partial charge in [-0.25, -0.2) is 4.39 Å². The summed E-state index contributed by atoms with van der Waals surface area (Å²) in [5.41, 5.74) is 0.796. The number of benzene rings is 2. The molecule has 1 aliphatic rings. The van der Waals surface area contributed by atoms with Gasteiger partial charge in [0, 0.05) is 29.2 Å². The zero-order chi connectivity index (χ0) is 21.8. The second-order valence-electron chi connectivity index (χ2n) is 7.12. The fraction of sp³-hybridized carbons (Fsp3) is 0.286. The molecule has 1 aromatic heterocycles. The van der Waals surface area contributed by atoms with E-state index in [1.54, 1.807) is 12.1 Å². The molecule has 7 nitrogen and oxygen atoms in total. The lowest BCUT2D eigenvalue weighted by Gasteiger charge is -2.28. The number of rotatable bonds is 6. The van der Waals surface area contributed by atoms with Crippen LogP contribution in [0.2, 0.25) is 10.0 Å². The van der Waals surface area contributed by atoms with Crippen molar-refractivity contribution in [2.75, 3.05) is 13.2 Å². The van der Waals surface area contributed by atoms with Crippen molar-refractivity contribution in [1.82, 2.24) is 20.8 Å². The largest absolute Gasteiger partial charge is 0.484 e. The van der Waals surface area contributed by atoms with Crippen LogP contribution >= 0.6 is 23.2 Å². The van der Waals surface area contributed by atoms with E-state index in [0.717, 1.165) is 24.5 Å². The quantitative estimate of drug-likeness (QED) is 0.568. The Morgan fingerprint density at radius 1 is 1.19 bits per heavy atom. The molecule has 162 valence electrons. The number of hydrogen-bond acceptors (Lipinski definition) is 6. The highest BCUT2D eigenvalue weighted by Crippen LogP contribution is 2.26. The Labute approximate surface area is 187 Å². The number of hydrogen-bond donors (Lipinski definition) is 2. The van der Waals surface area contributed by atoms with Gasteiger partial charge < -0.3 is 19.8 Å². The molecule has 0 saturated carbocycles. The standard InChI is InChI=1S/C21H19Cl2FN4O3/c22-13-3-1-12(2-4-13)20-27-28-21(31-20)18-8-5-14(10-25-18)26-19(29)11-30-15-6-7-16(23)17(24)9-15/h1-4,6-7,9,14,18,25H,5,8,10-11H2,(H,26,29)/t14-,18-/m1/s1. The predicted molar refractivity (Wildman–Crippen MR) is 114 cm³/mol. The zero-order valence-electron chi connectivity index (χ0n) is 16.3. The molecule has 0 radical (unpaired) electrons. The van der Waals surface area contributed by atoms with E-state index >= 15 is 0 Å². The Balaban J connectivity index is 1.24. The SMILES string of the molecule is O=C(COc1ccc(Cl)c(F)c1)N[C@@H]1CC[C@H](c2nnc(-c3ccc(Cl)cc3)o2)NC1. The van der Waals surface area contributed by atoms with Gasteiger partial charge in [-0.1, -0.05) is 23.2 Å². The van der Waals surface area contributed by atoms with Crippen LogP contribution in [-0.4, -0.2) is 35.3 Å². The van der Waals surface area contributed by atoms with E-state index in [1.807, 2.05) is 12.1 Å². The summed E-state index contributed by atoms with van der Waals surface area (Å²) in [4.78, 5) is 12.1. The minimum atomic E-state index is -0.595. The average molecular weight is 465 g/mol. The van der Waals surface area contributed by atoms with Crippen LogP contribution in [0, 0.1) is 5.82 Å². The molecule has 2 aromatic carbocycles. The second-order valence-corrected chi connectivity index (χ2v) is 7.96. The number of nitrogens with one attached hydrogen (secondary N) is 2. The highest BCUT2D eigenvalue weighted by Gasteiger charge is 2.27. The number of nitrogens with zero attached hydrogens (tertiary/aromatic N) is 2. The highest BCUT2D eigenvalue weighted by molar-refractivity contribution is 6.31. The Bertz CT molecular complexity index is 1050. The minimum Gasteiger partial charge on any atom is -0.484 e. The number of ether oxygens (including phenoxy) is 1. The number of piperidine rings is 1. The molecule has 1 fully saturated rings. The van der Waals surface area contributed by atoms with Gasteiger partial charge in [-0.2, -0.15) is 0 Å². The zero-order valence-corrected chi connectivity index (χ0v) is 17.8. The monoisotopic (exact) mass is 464 g/mol. The van der Waals surface area contributed by atoms with E-state index in [4.69, 9.17) is 32.4 Å². The van der Waals surface area contributed by atoms with Crippen LogP contribution in [0.15, 0.2) is 46.9 Å². The molecular formula is C21H19Cl2FN4O3. The third-order valence-electron chi connectivity index (χ3n) is 4.87. The van der Waals surface area contributed by atoms with E-state index in [2.05, 4.69) is 20.8 Å². The van der Waals surface area contributed by atoms with Crippen LogP contribution in [0.5, 0.6) is 5.75 Å². The number of aromatic nitrogens is 2. The Morgan fingerprint density at radius 2 is 2.00 bits per heavy atom. The van der Waals surface area contributed by atoms with Crippen molar-refractivity contribution in [1.29, 1.82) is 0 Å². The highest BCUT2D eigenvalue weighted by atomic mass is 35.5. The van der Waals surface area contributed by atoms with Crippen LogP contribution in [-0.2, 0) is 4.79 Å². The molecule has 0 bridgehead atoms. The van der Waals surface area contributed by atoms with Crippen LogP contribution < -0.4 is 15.4 Å². The van der Waals surface area contributed by atoms with Gasteiger partial charge in [0.1, 0.15) is 11.6 Å². The third kappa shape index (κ3) is 5.52. The Hall–Kier alpha value is -2.68. The average Bonchev–Trinajstić information content (AvgIpc) is 3.26. The molecule has 10 heteroatoms. The summed E-state index contributed by atoms with van der Waals surface area (Å²) in [7, 11) is 0. The maximum Gasteiger partial charge on any atom is 0.258 e. The lowest BCUT2D eigenvalue weighted by molar-refractivity contribution is -0.124. The van der Waals surface area contributed by atoms with Gasteiger partial charge >= 0.3 is 0 Å². The van der Waals surface area contributed by atoms with E-state index in [9.17, 15) is 9.18 Å². The first-order valence-electron chi connectivity index (χ1n) is 9.68. The summed E-state index contributed by atoms with van der Waals surface area (Å²) in [6, 6.07) is 11.0. The third-order valence-corrected chi connectivity index (χ3v) is 5.43. The molecular weight excluding hydrogens is 446 g/mol. The van der Waals surface area contributed by atoms with Crippen molar-refractivity contribution in [3.63, 3.8) is 0 Å². The minimum absolute atomic E-state index is 0.00108. The second kappa shape index (κ2) is 9.64. The Kier molecular flexibility index (Phi) is 6.70. The Morgan fingerprint density at radius 3 is 2.71 bits per heavy atom. The summed E-state index contributed by atoms with van der Waals surface area (Å²) in [6.07, 6.45) is 1.45. The number of carbonyl (C=O) groups is 1. The van der Waals surface area contributed by atoms with E-state index in [-0.39, 0.29) is 35.4 Å². The van der Waals surface area contributed by atoms with Crippen LogP contribution in [0.1, 0.15) is 24.8 Å². The van der Waals surface area contributed by atoms with Crippen molar-refractivity contribution < 1.29 is 18.3 Å². The summed E-state index contributed by atoms with van der Waals surface area (Å²) < 4.78 is 24.5. The first kappa shape index (κ1) is 21.5. The van der Waals surface area contributed by atoms with Crippen molar-refractivity contribution >= 4 is 29.1 Å². The summed E-state index contributed by atoms with van der Waals surface area (Å²) in [5.74, 6) is 0.292. The van der Waals surface area contributed by atoms with Gasteiger partial charge in [-0.15, -0.1) is 10.2 Å². The molecule has 1 aliphatic heterocycles. The maximum atomic E-state index is 13.4. The van der Waals surface area contributed by atoms with Crippen LogP contribution in [0.3, 0.4) is 0 Å². The topological polar surface area (TPSA) is 89.3 Å². The molecule has 0 unspecified atom stereocenters. The predicted octanol–water partition coefficient (Wildman–Crippen LogP) is 4.17. The summed E-state index contributed by atoms with van der Waals surface area (Å²) >= 11 is 11.5. The van der Waals surface area contributed by atoms with Crippen LogP contribution in [0.25, 0.3) is 11.5 Å². The number of halogens is 3.